The van der Waals surface area contributed by atoms with Crippen LogP contribution in [0.5, 0.6) is 0 Å². The molecule has 3 heterocycles. The Hall–Kier alpha value is -6.57. The van der Waals surface area contributed by atoms with Crippen molar-refractivity contribution >= 4 is 65.6 Å². The van der Waals surface area contributed by atoms with E-state index in [9.17, 15) is 5.26 Å². The summed E-state index contributed by atoms with van der Waals surface area (Å²) in [5.74, 6) is 0. The Bertz CT molecular complexity index is 3390. The van der Waals surface area contributed by atoms with Crippen LogP contribution in [0.2, 0.25) is 0 Å². The number of fused-ring (bicyclic) bond motifs is 9. The third kappa shape index (κ3) is 6.38. The monoisotopic (exact) mass is 823 g/mol. The van der Waals surface area contributed by atoms with E-state index in [1.54, 1.807) is 0 Å². The smallest absolute Gasteiger partial charge is 0.157 e. The van der Waals surface area contributed by atoms with Crippen molar-refractivity contribution in [1.82, 2.24) is 9.13 Å². The molecule has 0 amide bonds. The largest absolute Gasteiger partial charge is 0.454 e. The van der Waals surface area contributed by atoms with E-state index in [4.69, 9.17) is 4.42 Å². The van der Waals surface area contributed by atoms with Gasteiger partial charge in [-0.3, -0.25) is 0 Å². The van der Waals surface area contributed by atoms with E-state index in [0.717, 1.165) is 60.9 Å². The molecule has 0 unspecified atom stereocenters. The minimum Gasteiger partial charge on any atom is -0.454 e. The molecule has 0 radical (unpaired) electrons. The average molecular weight is 824 g/mol. The summed E-state index contributed by atoms with van der Waals surface area (Å²) in [5.41, 5.74) is 15.0. The summed E-state index contributed by atoms with van der Waals surface area (Å²) in [4.78, 5) is 0. The van der Waals surface area contributed by atoms with Crippen molar-refractivity contribution in [2.24, 2.45) is 0 Å². The van der Waals surface area contributed by atoms with Crippen molar-refractivity contribution in [3.8, 4) is 28.6 Å². The molecule has 0 N–H and O–H groups in total. The Kier molecular flexibility index (Phi) is 8.82. The van der Waals surface area contributed by atoms with E-state index < -0.39 is 0 Å². The molecule has 7 aromatic carbocycles. The van der Waals surface area contributed by atoms with E-state index in [2.05, 4.69) is 220 Å². The molecule has 3 aromatic heterocycles. The van der Waals surface area contributed by atoms with Gasteiger partial charge in [0.1, 0.15) is 17.2 Å². The van der Waals surface area contributed by atoms with Crippen LogP contribution in [0.4, 0.5) is 0 Å². The van der Waals surface area contributed by atoms with Crippen molar-refractivity contribution in [1.29, 1.82) is 5.26 Å². The van der Waals surface area contributed by atoms with Gasteiger partial charge in [-0.2, -0.15) is 5.26 Å². The molecule has 0 spiro atoms. The zero-order chi connectivity index (χ0) is 44.5. The third-order valence-corrected chi connectivity index (χ3v) is 13.4. The van der Waals surface area contributed by atoms with E-state index in [1.165, 1.54) is 43.8 Å². The van der Waals surface area contributed by atoms with Gasteiger partial charge < -0.3 is 13.6 Å². The van der Waals surface area contributed by atoms with Crippen molar-refractivity contribution in [3.63, 3.8) is 0 Å². The van der Waals surface area contributed by atoms with E-state index in [1.807, 2.05) is 6.07 Å². The van der Waals surface area contributed by atoms with Gasteiger partial charge in [-0.25, -0.2) is 0 Å². The number of aromatic nitrogens is 2. The SMILES string of the molecule is CC(C)(C)c1ccc2c(c1)c1cc(C(C)(C)C)ccc1n2-c1cc(-n2c3ccc(C(C)(C)C)cc3c3cc(C(C)(C)C)ccc32)c2c(oc3c(-c4ccccc4)cccc32)c1C#N. The Labute approximate surface area is 371 Å². The lowest BCUT2D eigenvalue weighted by atomic mass is 9.85. The summed E-state index contributed by atoms with van der Waals surface area (Å²) in [5, 5.41) is 18.2. The van der Waals surface area contributed by atoms with Gasteiger partial charge in [0.15, 0.2) is 5.58 Å². The molecule has 10 rings (SSSR count). The number of furan rings is 1. The number of nitriles is 1. The van der Waals surface area contributed by atoms with Crippen LogP contribution in [-0.4, -0.2) is 9.13 Å². The maximum absolute atomic E-state index is 11.5. The zero-order valence-corrected chi connectivity index (χ0v) is 38.9. The van der Waals surface area contributed by atoms with Crippen LogP contribution in [0, 0.1) is 11.3 Å². The number of hydrogen-bond donors (Lipinski definition) is 0. The molecule has 10 aromatic rings. The standard InChI is InChI=1S/C59H57N3O/c1-56(2,3)36-21-25-47-42(29-36)43-30-37(57(4,5)6)22-26-48(43)61(47)51-33-52(53-41-20-16-19-40(35-17-14-13-15-18-35)54(41)63-55(53)46(51)34-60)62-49-27-23-38(58(7,8)9)31-44(49)45-32-39(59(10,11)12)24-28-50(45)62/h13-33H,1-12H3. The fraction of sp³-hybridized carbons (Fsp3) is 0.271. The number of para-hydroxylation sites is 1. The van der Waals surface area contributed by atoms with Crippen LogP contribution < -0.4 is 0 Å². The van der Waals surface area contributed by atoms with Gasteiger partial charge in [0, 0.05) is 32.5 Å². The second kappa shape index (κ2) is 13.7. The summed E-state index contributed by atoms with van der Waals surface area (Å²) in [7, 11) is 0. The minimum absolute atomic E-state index is 0.0377. The number of nitrogens with zero attached hydrogens (tertiary/aromatic N) is 3. The third-order valence-electron chi connectivity index (χ3n) is 13.4. The highest BCUT2D eigenvalue weighted by Gasteiger charge is 2.29. The predicted molar refractivity (Wildman–Crippen MR) is 267 cm³/mol. The van der Waals surface area contributed by atoms with Crippen molar-refractivity contribution < 1.29 is 4.42 Å². The van der Waals surface area contributed by atoms with Gasteiger partial charge in [-0.1, -0.05) is 156 Å². The second-order valence-corrected chi connectivity index (χ2v) is 21.9. The Morgan fingerprint density at radius 1 is 0.413 bits per heavy atom. The highest BCUT2D eigenvalue weighted by atomic mass is 16.3. The molecule has 314 valence electrons. The van der Waals surface area contributed by atoms with Gasteiger partial charge in [0.25, 0.3) is 0 Å². The van der Waals surface area contributed by atoms with E-state index in [-0.39, 0.29) is 21.7 Å². The van der Waals surface area contributed by atoms with Crippen LogP contribution in [0.1, 0.15) is 111 Å². The molecule has 0 saturated carbocycles. The van der Waals surface area contributed by atoms with Gasteiger partial charge in [-0.05, 0) is 104 Å². The summed E-state index contributed by atoms with van der Waals surface area (Å²) in [6, 6.07) is 49.6. The Balaban J connectivity index is 1.41. The number of hydrogen-bond acceptors (Lipinski definition) is 2. The lowest BCUT2D eigenvalue weighted by Crippen LogP contribution is -2.10. The van der Waals surface area contributed by atoms with Crippen LogP contribution in [0.25, 0.3) is 88.1 Å². The first-order chi connectivity index (χ1) is 29.7. The molecule has 0 bridgehead atoms. The second-order valence-electron chi connectivity index (χ2n) is 21.9. The minimum atomic E-state index is -0.0465. The molecule has 0 aliphatic carbocycles. The molecular formula is C59H57N3O. The molecule has 0 atom stereocenters. The van der Waals surface area contributed by atoms with Gasteiger partial charge in [0.05, 0.1) is 38.8 Å². The maximum atomic E-state index is 11.5. The van der Waals surface area contributed by atoms with Gasteiger partial charge in [-0.15, -0.1) is 0 Å². The fourth-order valence-corrected chi connectivity index (χ4v) is 9.68. The molecule has 0 aliphatic heterocycles. The molecule has 4 heteroatoms. The first-order valence-electron chi connectivity index (χ1n) is 22.4. The quantitative estimate of drug-likeness (QED) is 0.178. The molecule has 0 aliphatic rings. The van der Waals surface area contributed by atoms with E-state index in [0.29, 0.717) is 11.1 Å². The predicted octanol–water partition coefficient (Wildman–Crippen LogP) is 16.5. The lowest BCUT2D eigenvalue weighted by Gasteiger charge is -2.20. The average Bonchev–Trinajstić information content (AvgIpc) is 3.89. The maximum Gasteiger partial charge on any atom is 0.157 e. The van der Waals surface area contributed by atoms with Crippen LogP contribution in [0.15, 0.2) is 132 Å². The molecular weight excluding hydrogens is 767 g/mol. The molecule has 0 fully saturated rings. The van der Waals surface area contributed by atoms with Crippen molar-refractivity contribution in [2.45, 2.75) is 105 Å². The zero-order valence-electron chi connectivity index (χ0n) is 38.9. The molecule has 0 saturated heterocycles. The normalized spacial score (nSPS) is 13.1. The molecule has 63 heavy (non-hydrogen) atoms. The first kappa shape index (κ1) is 40.5. The highest BCUT2D eigenvalue weighted by molar-refractivity contribution is 6.19. The van der Waals surface area contributed by atoms with Crippen LogP contribution in [-0.2, 0) is 21.7 Å². The summed E-state index contributed by atoms with van der Waals surface area (Å²) < 4.78 is 11.9. The van der Waals surface area contributed by atoms with Crippen LogP contribution in [0.3, 0.4) is 0 Å². The topological polar surface area (TPSA) is 46.8 Å². The summed E-state index contributed by atoms with van der Waals surface area (Å²) >= 11 is 0. The number of benzene rings is 7. The van der Waals surface area contributed by atoms with Gasteiger partial charge in [0.2, 0.25) is 0 Å². The highest BCUT2D eigenvalue weighted by Crippen LogP contribution is 2.47. The first-order valence-corrected chi connectivity index (χ1v) is 22.4. The van der Waals surface area contributed by atoms with Crippen LogP contribution >= 0.6 is 0 Å². The Morgan fingerprint density at radius 3 is 1.22 bits per heavy atom. The van der Waals surface area contributed by atoms with Gasteiger partial charge >= 0.3 is 0 Å². The van der Waals surface area contributed by atoms with Crippen molar-refractivity contribution in [2.75, 3.05) is 0 Å². The number of rotatable bonds is 3. The molecule has 4 nitrogen and oxygen atoms in total. The Morgan fingerprint density at radius 2 is 0.825 bits per heavy atom. The summed E-state index contributed by atoms with van der Waals surface area (Å²) in [6.07, 6.45) is 0. The fourth-order valence-electron chi connectivity index (χ4n) is 9.68. The summed E-state index contributed by atoms with van der Waals surface area (Å²) in [6.45, 7) is 27.3. The van der Waals surface area contributed by atoms with Crippen molar-refractivity contribution in [3.05, 3.63) is 155 Å². The van der Waals surface area contributed by atoms with E-state index >= 15 is 0 Å². The lowest BCUT2D eigenvalue weighted by molar-refractivity contribution is 0.590.